The molecule has 0 aliphatic heterocycles. The third kappa shape index (κ3) is 6.09. The molecule has 0 N–H and O–H groups in total. The first-order chi connectivity index (χ1) is 14.4. The van der Waals surface area contributed by atoms with Crippen molar-refractivity contribution in [2.75, 3.05) is 17.5 Å². The van der Waals surface area contributed by atoms with E-state index in [-0.39, 0.29) is 27.8 Å². The maximum absolute atomic E-state index is 13.4. The number of carbonyl (C=O) groups excluding carboxylic acids is 2. The second-order valence-electron chi connectivity index (χ2n) is 7.70. The molecule has 0 fully saturated rings. The third-order valence-electron chi connectivity index (χ3n) is 4.32. The normalized spacial score (nSPS) is 11.6. The molecule has 0 spiro atoms. The zero-order valence-electron chi connectivity index (χ0n) is 17.4. The lowest BCUT2D eigenvalue weighted by atomic mass is 9.91. The van der Waals surface area contributed by atoms with Crippen LogP contribution in [0.1, 0.15) is 31.1 Å². The second kappa shape index (κ2) is 9.85. The van der Waals surface area contributed by atoms with Crippen molar-refractivity contribution in [3.05, 3.63) is 70.7 Å². The van der Waals surface area contributed by atoms with Gasteiger partial charge in [0.25, 0.3) is 10.0 Å². The molecule has 166 valence electrons. The summed E-state index contributed by atoms with van der Waals surface area (Å²) in [5.74, 6) is -1.09. The summed E-state index contributed by atoms with van der Waals surface area (Å²) >= 11 is 12.1. The van der Waals surface area contributed by atoms with E-state index in [1.165, 1.54) is 18.2 Å². The summed E-state index contributed by atoms with van der Waals surface area (Å²) in [6.45, 7) is 8.29. The summed E-state index contributed by atoms with van der Waals surface area (Å²) in [5, 5.41) is 0.387. The molecule has 0 amide bonds. The molecule has 2 rings (SSSR count). The molecule has 0 radical (unpaired) electrons. The highest BCUT2D eigenvalue weighted by molar-refractivity contribution is 7.93. The van der Waals surface area contributed by atoms with E-state index in [2.05, 4.69) is 6.58 Å². The van der Waals surface area contributed by atoms with E-state index in [4.69, 9.17) is 27.9 Å². The zero-order chi connectivity index (χ0) is 23.4. The van der Waals surface area contributed by atoms with Crippen LogP contribution in [0.15, 0.2) is 60.0 Å². The molecule has 0 unspecified atom stereocenters. The molecule has 2 aromatic carbocycles. The average molecular weight is 484 g/mol. The van der Waals surface area contributed by atoms with Crippen molar-refractivity contribution in [3.63, 3.8) is 0 Å². The molecule has 0 bridgehead atoms. The maximum atomic E-state index is 13.4. The summed E-state index contributed by atoms with van der Waals surface area (Å²) in [6.07, 6.45) is 1.43. The lowest BCUT2D eigenvalue weighted by Crippen LogP contribution is -2.31. The molecule has 6 nitrogen and oxygen atoms in total. The van der Waals surface area contributed by atoms with Crippen LogP contribution in [0.2, 0.25) is 10.0 Å². The Morgan fingerprint density at radius 3 is 2.26 bits per heavy atom. The van der Waals surface area contributed by atoms with Crippen LogP contribution in [0, 0.1) is 5.41 Å². The quantitative estimate of drug-likeness (QED) is 0.383. The molecule has 0 aliphatic rings. The fourth-order valence-electron chi connectivity index (χ4n) is 2.44. The fourth-order valence-corrected chi connectivity index (χ4v) is 4.51. The number of halogens is 2. The summed E-state index contributed by atoms with van der Waals surface area (Å²) in [4.78, 5) is 24.1. The first-order valence-electron chi connectivity index (χ1n) is 9.27. The number of hydrogen-bond donors (Lipinski definition) is 0. The molecule has 2 aromatic rings. The van der Waals surface area contributed by atoms with Crippen LogP contribution in [-0.2, 0) is 19.6 Å². The Morgan fingerprint density at radius 2 is 1.71 bits per heavy atom. The Hall–Kier alpha value is -2.35. The lowest BCUT2D eigenvalue weighted by Gasteiger charge is -2.24. The number of carbonyl (C=O) groups is 2. The number of Topliss-reactive ketones (excluding diaryl/α,β-unsaturated/α-hetero) is 1. The highest BCUT2D eigenvalue weighted by atomic mass is 35.5. The van der Waals surface area contributed by atoms with Crippen LogP contribution in [0.25, 0.3) is 0 Å². The van der Waals surface area contributed by atoms with Gasteiger partial charge < -0.3 is 4.74 Å². The fraction of sp³-hybridized carbons (Fsp3) is 0.273. The molecule has 31 heavy (non-hydrogen) atoms. The van der Waals surface area contributed by atoms with E-state index < -0.39 is 28.0 Å². The number of nitrogens with zero attached hydrogens (tertiary/aromatic N) is 1. The molecule has 0 saturated heterocycles. The van der Waals surface area contributed by atoms with Gasteiger partial charge in [0.2, 0.25) is 0 Å². The van der Waals surface area contributed by atoms with Crippen LogP contribution in [-0.4, -0.2) is 33.3 Å². The Morgan fingerprint density at radius 1 is 1.10 bits per heavy atom. The van der Waals surface area contributed by atoms with Gasteiger partial charge in [-0.3, -0.25) is 9.10 Å². The van der Waals surface area contributed by atoms with Crippen LogP contribution in [0.5, 0.6) is 0 Å². The highest BCUT2D eigenvalue weighted by Crippen LogP contribution is 2.30. The third-order valence-corrected chi connectivity index (χ3v) is 6.84. The average Bonchev–Trinajstić information content (AvgIpc) is 2.70. The van der Waals surface area contributed by atoms with Gasteiger partial charge in [0.05, 0.1) is 22.8 Å². The number of hydrogen-bond acceptors (Lipinski definition) is 5. The van der Waals surface area contributed by atoms with E-state index >= 15 is 0 Å². The molecule has 0 heterocycles. The minimum absolute atomic E-state index is 0.0327. The smallest absolute Gasteiger partial charge is 0.338 e. The summed E-state index contributed by atoms with van der Waals surface area (Å²) in [6, 6.07) is 9.98. The number of sulfonamides is 1. The molecular formula is C22H23Cl2NO5S. The number of anilines is 1. The standard InChI is InChI=1S/C22H23Cl2NO5S/c1-5-12-25(17-9-7-16(23)8-10-17)31(28,29)19-13-15(6-11-18(19)24)21(27)30-14-20(26)22(2,3)4/h5-11,13H,1,12,14H2,2-4H3. The van der Waals surface area contributed by atoms with Gasteiger partial charge in [0, 0.05) is 10.4 Å². The molecule has 0 aliphatic carbocycles. The largest absolute Gasteiger partial charge is 0.454 e. The van der Waals surface area contributed by atoms with Gasteiger partial charge in [-0.15, -0.1) is 6.58 Å². The number of benzene rings is 2. The van der Waals surface area contributed by atoms with Crippen molar-refractivity contribution in [2.24, 2.45) is 5.41 Å². The molecule has 9 heteroatoms. The molecular weight excluding hydrogens is 461 g/mol. The number of ketones is 1. The summed E-state index contributed by atoms with van der Waals surface area (Å²) in [5.41, 5.74) is -0.359. The Labute approximate surface area is 192 Å². The lowest BCUT2D eigenvalue weighted by molar-refractivity contribution is -0.129. The van der Waals surface area contributed by atoms with E-state index in [0.717, 1.165) is 10.4 Å². The van der Waals surface area contributed by atoms with E-state index in [1.807, 2.05) is 0 Å². The van der Waals surface area contributed by atoms with Crippen molar-refractivity contribution in [1.29, 1.82) is 0 Å². The highest BCUT2D eigenvalue weighted by Gasteiger charge is 2.28. The molecule has 0 saturated carbocycles. The first kappa shape index (κ1) is 24.9. The minimum Gasteiger partial charge on any atom is -0.454 e. The van der Waals surface area contributed by atoms with Gasteiger partial charge in [-0.1, -0.05) is 50.0 Å². The Kier molecular flexibility index (Phi) is 7.92. The van der Waals surface area contributed by atoms with E-state index in [0.29, 0.717) is 10.7 Å². The summed E-state index contributed by atoms with van der Waals surface area (Å²) < 4.78 is 32.9. The monoisotopic (exact) mass is 483 g/mol. The van der Waals surface area contributed by atoms with Crippen molar-refractivity contribution >= 4 is 50.7 Å². The predicted molar refractivity (Wildman–Crippen MR) is 122 cm³/mol. The van der Waals surface area contributed by atoms with Gasteiger partial charge in [-0.05, 0) is 42.5 Å². The van der Waals surface area contributed by atoms with Gasteiger partial charge in [0.1, 0.15) is 4.90 Å². The van der Waals surface area contributed by atoms with Gasteiger partial charge in [-0.25, -0.2) is 13.2 Å². The Bertz CT molecular complexity index is 1090. The number of ether oxygens (including phenoxy) is 1. The molecule has 0 aromatic heterocycles. The minimum atomic E-state index is -4.16. The van der Waals surface area contributed by atoms with Crippen LogP contribution in [0.3, 0.4) is 0 Å². The van der Waals surface area contributed by atoms with Crippen LogP contribution in [0.4, 0.5) is 5.69 Å². The second-order valence-corrected chi connectivity index (χ2v) is 10.4. The summed E-state index contributed by atoms with van der Waals surface area (Å²) in [7, 11) is -4.16. The zero-order valence-corrected chi connectivity index (χ0v) is 19.7. The molecule has 0 atom stereocenters. The van der Waals surface area contributed by atoms with Gasteiger partial charge in [-0.2, -0.15) is 0 Å². The first-order valence-corrected chi connectivity index (χ1v) is 11.5. The predicted octanol–water partition coefficient (Wildman–Crippen LogP) is 5.15. The van der Waals surface area contributed by atoms with Crippen molar-refractivity contribution < 1.29 is 22.7 Å². The topological polar surface area (TPSA) is 80.8 Å². The van der Waals surface area contributed by atoms with E-state index in [1.54, 1.807) is 45.0 Å². The van der Waals surface area contributed by atoms with Crippen molar-refractivity contribution in [2.45, 2.75) is 25.7 Å². The van der Waals surface area contributed by atoms with Crippen LogP contribution < -0.4 is 4.31 Å². The van der Waals surface area contributed by atoms with E-state index in [9.17, 15) is 18.0 Å². The Balaban J connectivity index is 2.39. The number of esters is 1. The van der Waals surface area contributed by atoms with Gasteiger partial charge in [0.15, 0.2) is 12.4 Å². The van der Waals surface area contributed by atoms with Crippen molar-refractivity contribution in [1.82, 2.24) is 0 Å². The van der Waals surface area contributed by atoms with Crippen LogP contribution >= 0.6 is 23.2 Å². The number of rotatable bonds is 8. The maximum Gasteiger partial charge on any atom is 0.338 e. The van der Waals surface area contributed by atoms with Gasteiger partial charge >= 0.3 is 5.97 Å². The SMILES string of the molecule is C=CCN(c1ccc(Cl)cc1)S(=O)(=O)c1cc(C(=O)OCC(=O)C(C)(C)C)ccc1Cl. The van der Waals surface area contributed by atoms with Crippen molar-refractivity contribution in [3.8, 4) is 0 Å².